The van der Waals surface area contributed by atoms with Crippen molar-refractivity contribution in [3.8, 4) is 0 Å². The fourth-order valence-electron chi connectivity index (χ4n) is 2.90. The van der Waals surface area contributed by atoms with Gasteiger partial charge in [0.25, 0.3) is 5.91 Å². The predicted octanol–water partition coefficient (Wildman–Crippen LogP) is 2.81. The first-order valence-corrected chi connectivity index (χ1v) is 9.32. The summed E-state index contributed by atoms with van der Waals surface area (Å²) in [7, 11) is 0. The summed E-state index contributed by atoms with van der Waals surface area (Å²) < 4.78 is 0. The lowest BCUT2D eigenvalue weighted by Crippen LogP contribution is -2.28. The first kappa shape index (κ1) is 17.5. The molecule has 0 saturated heterocycles. The Labute approximate surface area is 151 Å². The Kier molecular flexibility index (Phi) is 5.13. The van der Waals surface area contributed by atoms with E-state index in [0.29, 0.717) is 11.5 Å². The largest absolute Gasteiger partial charge is 0.351 e. The summed E-state index contributed by atoms with van der Waals surface area (Å²) in [6, 6.07) is 1.75. The van der Waals surface area contributed by atoms with Crippen LogP contribution in [0.25, 0.3) is 0 Å². The molecule has 2 aromatic rings. The van der Waals surface area contributed by atoms with Crippen LogP contribution in [-0.2, 0) is 17.6 Å². The Hall–Kier alpha value is -2.28. The van der Waals surface area contributed by atoms with Crippen molar-refractivity contribution < 1.29 is 9.59 Å². The van der Waals surface area contributed by atoms with Crippen LogP contribution in [0.15, 0.2) is 23.0 Å². The number of aryl methyl sites for hydroxylation is 1. The number of hydrogen-bond donors (Lipinski definition) is 2. The smallest absolute Gasteiger partial charge is 0.252 e. The highest BCUT2D eigenvalue weighted by Gasteiger charge is 2.26. The van der Waals surface area contributed by atoms with Crippen LogP contribution < -0.4 is 10.6 Å². The van der Waals surface area contributed by atoms with Crippen LogP contribution in [0.1, 0.15) is 48.3 Å². The van der Waals surface area contributed by atoms with Gasteiger partial charge in [0, 0.05) is 35.8 Å². The highest BCUT2D eigenvalue weighted by atomic mass is 32.1. The topological polar surface area (TPSA) is 84.0 Å². The number of hydrogen-bond acceptors (Lipinski definition) is 5. The van der Waals surface area contributed by atoms with Crippen molar-refractivity contribution in [2.75, 3.05) is 11.9 Å². The second-order valence-corrected chi connectivity index (χ2v) is 7.85. The summed E-state index contributed by atoms with van der Waals surface area (Å²) in [4.78, 5) is 32.5. The molecular weight excluding hydrogens is 336 g/mol. The maximum Gasteiger partial charge on any atom is 0.252 e. The van der Waals surface area contributed by atoms with Gasteiger partial charge in [0.2, 0.25) is 11.9 Å². The van der Waals surface area contributed by atoms with E-state index in [2.05, 4.69) is 34.4 Å². The van der Waals surface area contributed by atoms with E-state index in [9.17, 15) is 9.59 Å². The second-order valence-electron chi connectivity index (χ2n) is 7.07. The van der Waals surface area contributed by atoms with Gasteiger partial charge in [0.05, 0.1) is 0 Å². The zero-order valence-electron chi connectivity index (χ0n) is 14.5. The molecule has 3 rings (SSSR count). The highest BCUT2D eigenvalue weighted by molar-refractivity contribution is 7.08. The standard InChI is InChI=1S/C18H22N4O2S/c1-18(2)6-3-14-13(9-18)10-20-17(21-14)22-15(23)4-7-19-16(24)12-5-8-25-11-12/h5,8,10-11H,3-4,6-7,9H2,1-2H3,(H,19,24)(H,20,21,22,23). The lowest BCUT2D eigenvalue weighted by molar-refractivity contribution is -0.116. The third kappa shape index (κ3) is 4.63. The molecule has 25 heavy (non-hydrogen) atoms. The number of carbonyl (C=O) groups excluding carboxylic acids is 2. The van der Waals surface area contributed by atoms with Gasteiger partial charge in [-0.2, -0.15) is 11.3 Å². The molecule has 2 amide bonds. The third-order valence-corrected chi connectivity index (χ3v) is 5.02. The Bertz CT molecular complexity index is 771. The average Bonchev–Trinajstić information content (AvgIpc) is 3.09. The monoisotopic (exact) mass is 358 g/mol. The molecule has 132 valence electrons. The van der Waals surface area contributed by atoms with Crippen LogP contribution in [-0.4, -0.2) is 28.3 Å². The van der Waals surface area contributed by atoms with Gasteiger partial charge in [-0.05, 0) is 41.7 Å². The lowest BCUT2D eigenvalue weighted by atomic mass is 9.76. The average molecular weight is 358 g/mol. The summed E-state index contributed by atoms with van der Waals surface area (Å²) in [6.45, 7) is 4.77. The highest BCUT2D eigenvalue weighted by Crippen LogP contribution is 2.33. The lowest BCUT2D eigenvalue weighted by Gasteiger charge is -2.30. The molecule has 2 N–H and O–H groups in total. The van der Waals surface area contributed by atoms with Crippen LogP contribution in [0.3, 0.4) is 0 Å². The van der Waals surface area contributed by atoms with Crippen LogP contribution in [0.2, 0.25) is 0 Å². The van der Waals surface area contributed by atoms with E-state index in [0.717, 1.165) is 30.5 Å². The van der Waals surface area contributed by atoms with Crippen molar-refractivity contribution in [2.24, 2.45) is 5.41 Å². The minimum Gasteiger partial charge on any atom is -0.351 e. The van der Waals surface area contributed by atoms with E-state index in [1.54, 1.807) is 11.4 Å². The maximum absolute atomic E-state index is 12.0. The molecule has 0 saturated carbocycles. The molecule has 0 fully saturated rings. The molecule has 7 heteroatoms. The summed E-state index contributed by atoms with van der Waals surface area (Å²) in [6.07, 6.45) is 4.95. The van der Waals surface area contributed by atoms with Crippen molar-refractivity contribution in [1.82, 2.24) is 15.3 Å². The van der Waals surface area contributed by atoms with Gasteiger partial charge in [0.15, 0.2) is 0 Å². The minimum atomic E-state index is -0.207. The maximum atomic E-state index is 12.0. The number of carbonyl (C=O) groups is 2. The second kappa shape index (κ2) is 7.31. The Morgan fingerprint density at radius 1 is 1.36 bits per heavy atom. The fourth-order valence-corrected chi connectivity index (χ4v) is 3.54. The molecule has 2 heterocycles. The molecule has 0 radical (unpaired) electrons. The summed E-state index contributed by atoms with van der Waals surface area (Å²) >= 11 is 1.46. The number of nitrogens with zero attached hydrogens (tertiary/aromatic N) is 2. The SMILES string of the molecule is CC1(C)CCc2nc(NC(=O)CCNC(=O)c3ccsc3)ncc2C1. The van der Waals surface area contributed by atoms with Gasteiger partial charge >= 0.3 is 0 Å². The van der Waals surface area contributed by atoms with E-state index >= 15 is 0 Å². The zero-order chi connectivity index (χ0) is 17.9. The van der Waals surface area contributed by atoms with E-state index in [4.69, 9.17) is 0 Å². The van der Waals surface area contributed by atoms with Crippen LogP contribution in [0.4, 0.5) is 5.95 Å². The number of thiophene rings is 1. The van der Waals surface area contributed by atoms with E-state index < -0.39 is 0 Å². The number of rotatable bonds is 5. The van der Waals surface area contributed by atoms with Gasteiger partial charge in [0.1, 0.15) is 0 Å². The molecule has 0 bridgehead atoms. The van der Waals surface area contributed by atoms with Gasteiger partial charge in [-0.1, -0.05) is 13.8 Å². The molecule has 0 atom stereocenters. The fraction of sp³-hybridized carbons (Fsp3) is 0.444. The Morgan fingerprint density at radius 3 is 2.96 bits per heavy atom. The molecule has 1 aliphatic rings. The normalized spacial score (nSPS) is 15.3. The van der Waals surface area contributed by atoms with Gasteiger partial charge in [-0.3, -0.25) is 14.9 Å². The number of aromatic nitrogens is 2. The number of anilines is 1. The van der Waals surface area contributed by atoms with Crippen LogP contribution in [0.5, 0.6) is 0 Å². The van der Waals surface area contributed by atoms with Crippen LogP contribution >= 0.6 is 11.3 Å². The number of fused-ring (bicyclic) bond motifs is 1. The summed E-state index contributed by atoms with van der Waals surface area (Å²) in [5.74, 6) is -0.0315. The van der Waals surface area contributed by atoms with Crippen LogP contribution in [0, 0.1) is 5.41 Å². The molecule has 6 nitrogen and oxygen atoms in total. The zero-order valence-corrected chi connectivity index (χ0v) is 15.3. The van der Waals surface area contributed by atoms with E-state index in [1.807, 2.05) is 11.6 Å². The van der Waals surface area contributed by atoms with Crippen molar-refractivity contribution in [1.29, 1.82) is 0 Å². The first-order chi connectivity index (χ1) is 11.9. The van der Waals surface area contributed by atoms with Crippen molar-refractivity contribution in [2.45, 2.75) is 39.5 Å². The van der Waals surface area contributed by atoms with E-state index in [-0.39, 0.29) is 30.2 Å². The molecule has 0 aromatic carbocycles. The molecule has 0 unspecified atom stereocenters. The number of nitrogens with one attached hydrogen (secondary N) is 2. The van der Waals surface area contributed by atoms with Gasteiger partial charge < -0.3 is 5.32 Å². The van der Waals surface area contributed by atoms with Crippen molar-refractivity contribution in [3.05, 3.63) is 39.8 Å². The third-order valence-electron chi connectivity index (χ3n) is 4.33. The van der Waals surface area contributed by atoms with Gasteiger partial charge in [-0.15, -0.1) is 0 Å². The minimum absolute atomic E-state index is 0.165. The molecule has 2 aromatic heterocycles. The molecule has 0 spiro atoms. The summed E-state index contributed by atoms with van der Waals surface area (Å²) in [5, 5.41) is 9.06. The molecular formula is C18H22N4O2S. The Balaban J connectivity index is 1.49. The predicted molar refractivity (Wildman–Crippen MR) is 97.7 cm³/mol. The van der Waals surface area contributed by atoms with E-state index in [1.165, 1.54) is 11.3 Å². The quantitative estimate of drug-likeness (QED) is 0.861. The molecule has 1 aliphatic carbocycles. The Morgan fingerprint density at radius 2 is 2.20 bits per heavy atom. The molecule has 0 aliphatic heterocycles. The first-order valence-electron chi connectivity index (χ1n) is 8.38. The van der Waals surface area contributed by atoms with Crippen molar-refractivity contribution >= 4 is 29.1 Å². The van der Waals surface area contributed by atoms with Crippen molar-refractivity contribution in [3.63, 3.8) is 0 Å². The van der Waals surface area contributed by atoms with Gasteiger partial charge in [-0.25, -0.2) is 9.97 Å². The summed E-state index contributed by atoms with van der Waals surface area (Å²) in [5.41, 5.74) is 3.08. The number of amides is 2.